The molecule has 0 spiro atoms. The molecule has 0 aliphatic carbocycles. The zero-order chi connectivity index (χ0) is 15.1. The highest BCUT2D eigenvalue weighted by Crippen LogP contribution is 2.19. The van der Waals surface area contributed by atoms with Gasteiger partial charge >= 0.3 is 0 Å². The summed E-state index contributed by atoms with van der Waals surface area (Å²) < 4.78 is 0. The number of hydrogen-bond donors (Lipinski definition) is 2. The molecule has 0 amide bonds. The minimum atomic E-state index is -0.0311. The van der Waals surface area contributed by atoms with Crippen LogP contribution in [0.25, 0.3) is 5.57 Å². The molecule has 2 heteroatoms. The van der Waals surface area contributed by atoms with Crippen LogP contribution >= 0.6 is 0 Å². The second-order valence-corrected chi connectivity index (χ2v) is 4.28. The van der Waals surface area contributed by atoms with Gasteiger partial charge in [0.2, 0.25) is 0 Å². The molecule has 0 heterocycles. The Bertz CT molecular complexity index is 599. The van der Waals surface area contributed by atoms with Crippen molar-refractivity contribution in [3.05, 3.63) is 97.4 Å². The molecule has 0 saturated heterocycles. The molecule has 0 radical (unpaired) electrons. The highest BCUT2D eigenvalue weighted by molar-refractivity contribution is 5.73. The summed E-state index contributed by atoms with van der Waals surface area (Å²) in [7, 11) is 0. The van der Waals surface area contributed by atoms with Crippen LogP contribution in [-0.4, -0.2) is 10.2 Å². The molecule has 0 atom stereocenters. The molecule has 0 aliphatic rings. The quantitative estimate of drug-likeness (QED) is 0.578. The fourth-order valence-electron chi connectivity index (χ4n) is 1.38. The number of rotatable bonds is 6. The average molecular weight is 266 g/mol. The van der Waals surface area contributed by atoms with Crippen molar-refractivity contribution in [3.63, 3.8) is 0 Å². The van der Waals surface area contributed by atoms with Crippen molar-refractivity contribution >= 4 is 5.57 Å². The molecule has 1 aromatic carbocycles. The van der Waals surface area contributed by atoms with Crippen LogP contribution in [-0.2, 0) is 0 Å². The molecule has 0 unspecified atom stereocenters. The Kier molecular flexibility index (Phi) is 5.36. The van der Waals surface area contributed by atoms with E-state index in [0.717, 1.165) is 11.1 Å². The first-order valence-corrected chi connectivity index (χ1v) is 6.00. The highest BCUT2D eigenvalue weighted by Gasteiger charge is 1.97. The largest absolute Gasteiger partial charge is 0.509 e. The first-order valence-electron chi connectivity index (χ1n) is 6.00. The maximum atomic E-state index is 9.22. The lowest BCUT2D eigenvalue weighted by Crippen LogP contribution is -1.81. The molecule has 0 saturated carbocycles. The van der Waals surface area contributed by atoms with E-state index in [0.29, 0.717) is 11.1 Å². The van der Waals surface area contributed by atoms with Gasteiger partial charge < -0.3 is 10.2 Å². The van der Waals surface area contributed by atoms with Gasteiger partial charge in [0.15, 0.2) is 0 Å². The number of aromatic hydroxyl groups is 1. The fourth-order valence-corrected chi connectivity index (χ4v) is 1.38. The van der Waals surface area contributed by atoms with Gasteiger partial charge in [-0.3, -0.25) is 0 Å². The van der Waals surface area contributed by atoms with Crippen molar-refractivity contribution in [2.75, 3.05) is 0 Å². The Morgan fingerprint density at radius 2 is 1.30 bits per heavy atom. The molecule has 102 valence electrons. The summed E-state index contributed by atoms with van der Waals surface area (Å²) in [5, 5.41) is 18.2. The van der Waals surface area contributed by atoms with Crippen LogP contribution in [0.5, 0.6) is 5.75 Å². The molecule has 0 fully saturated rings. The van der Waals surface area contributed by atoms with Gasteiger partial charge in [0.1, 0.15) is 11.5 Å². The van der Waals surface area contributed by atoms with E-state index >= 15 is 0 Å². The Morgan fingerprint density at radius 3 is 1.80 bits per heavy atom. The van der Waals surface area contributed by atoms with Crippen LogP contribution in [0.1, 0.15) is 5.56 Å². The van der Waals surface area contributed by atoms with Gasteiger partial charge in [-0.25, -0.2) is 0 Å². The fraction of sp³-hybridized carbons (Fsp3) is 0. The van der Waals surface area contributed by atoms with Crippen LogP contribution in [0.15, 0.2) is 91.8 Å². The van der Waals surface area contributed by atoms with Gasteiger partial charge in [0.25, 0.3) is 0 Å². The summed E-state index contributed by atoms with van der Waals surface area (Å²) >= 11 is 0. The summed E-state index contributed by atoms with van der Waals surface area (Å²) in [5.41, 5.74) is 3.10. The summed E-state index contributed by atoms with van der Waals surface area (Å²) in [6.07, 6.45) is 6.71. The molecular formula is C18H18O2. The van der Waals surface area contributed by atoms with Gasteiger partial charge in [-0.1, -0.05) is 56.7 Å². The molecule has 20 heavy (non-hydrogen) atoms. The molecule has 2 nitrogen and oxygen atoms in total. The molecule has 1 rings (SSSR count). The lowest BCUT2D eigenvalue weighted by atomic mass is 10.0. The summed E-state index contributed by atoms with van der Waals surface area (Å²) in [6.45, 7) is 15.0. The van der Waals surface area contributed by atoms with Gasteiger partial charge in [-0.2, -0.15) is 0 Å². The maximum absolute atomic E-state index is 9.22. The van der Waals surface area contributed by atoms with Crippen molar-refractivity contribution in [3.8, 4) is 5.75 Å². The van der Waals surface area contributed by atoms with Gasteiger partial charge in [0, 0.05) is 0 Å². The molecular weight excluding hydrogens is 248 g/mol. The summed E-state index contributed by atoms with van der Waals surface area (Å²) in [6, 6.07) is 6.79. The zero-order valence-corrected chi connectivity index (χ0v) is 11.3. The van der Waals surface area contributed by atoms with Crippen molar-refractivity contribution < 1.29 is 10.2 Å². The third kappa shape index (κ3) is 4.86. The maximum Gasteiger partial charge on any atom is 0.115 e. The molecule has 0 bridgehead atoms. The number of allylic oxidation sites excluding steroid dienone is 7. The van der Waals surface area contributed by atoms with Crippen LogP contribution in [0, 0.1) is 0 Å². The minimum Gasteiger partial charge on any atom is -0.509 e. The van der Waals surface area contributed by atoms with Crippen molar-refractivity contribution in [2.24, 2.45) is 0 Å². The van der Waals surface area contributed by atoms with Crippen LogP contribution < -0.4 is 0 Å². The highest BCUT2D eigenvalue weighted by atomic mass is 16.3. The van der Waals surface area contributed by atoms with E-state index < -0.39 is 0 Å². The van der Waals surface area contributed by atoms with E-state index in [9.17, 15) is 5.11 Å². The third-order valence-corrected chi connectivity index (χ3v) is 2.61. The van der Waals surface area contributed by atoms with Crippen LogP contribution in [0.3, 0.4) is 0 Å². The SMILES string of the molecule is C=C(O)/C=C\C(=C)C(=C)/C=C\C(=C)c1ccc(O)cc1. The summed E-state index contributed by atoms with van der Waals surface area (Å²) in [5.74, 6) is 0.189. The molecule has 1 aromatic rings. The third-order valence-electron chi connectivity index (χ3n) is 2.61. The van der Waals surface area contributed by atoms with E-state index in [2.05, 4.69) is 26.3 Å². The molecule has 0 aromatic heterocycles. The van der Waals surface area contributed by atoms with E-state index in [1.165, 1.54) is 6.08 Å². The average Bonchev–Trinajstić information content (AvgIpc) is 2.42. The minimum absolute atomic E-state index is 0.0311. The Labute approximate surface area is 119 Å². The Hall–Kier alpha value is -2.74. The smallest absolute Gasteiger partial charge is 0.115 e. The molecule has 2 N–H and O–H groups in total. The molecule has 0 aliphatic heterocycles. The van der Waals surface area contributed by atoms with E-state index in [1.54, 1.807) is 36.4 Å². The standard InChI is InChI=1S/C18H18O2/c1-13(14(2)7-8-16(4)19)5-6-15(3)17-9-11-18(20)12-10-17/h5-12,19-20H,1-4H2/b6-5-,8-7-. The van der Waals surface area contributed by atoms with Crippen LogP contribution in [0.4, 0.5) is 0 Å². The van der Waals surface area contributed by atoms with Gasteiger partial charge in [-0.05, 0) is 40.5 Å². The van der Waals surface area contributed by atoms with E-state index in [4.69, 9.17) is 5.11 Å². The Morgan fingerprint density at radius 1 is 0.800 bits per heavy atom. The first-order chi connectivity index (χ1) is 9.40. The van der Waals surface area contributed by atoms with Crippen molar-refractivity contribution in [1.29, 1.82) is 0 Å². The number of aliphatic hydroxyl groups is 1. The monoisotopic (exact) mass is 266 g/mol. The number of benzene rings is 1. The van der Waals surface area contributed by atoms with E-state index in [1.807, 2.05) is 6.08 Å². The number of hydrogen-bond acceptors (Lipinski definition) is 2. The van der Waals surface area contributed by atoms with E-state index in [-0.39, 0.29) is 11.5 Å². The predicted octanol–water partition coefficient (Wildman–Crippen LogP) is 4.70. The first kappa shape index (κ1) is 15.3. The zero-order valence-electron chi connectivity index (χ0n) is 11.3. The Balaban J connectivity index is 2.70. The number of phenols is 1. The number of aliphatic hydroxyl groups excluding tert-OH is 1. The lowest BCUT2D eigenvalue weighted by molar-refractivity contribution is 0.435. The van der Waals surface area contributed by atoms with Crippen molar-refractivity contribution in [1.82, 2.24) is 0 Å². The normalized spacial score (nSPS) is 10.8. The van der Waals surface area contributed by atoms with Gasteiger partial charge in [-0.15, -0.1) is 0 Å². The topological polar surface area (TPSA) is 40.5 Å². The number of phenolic OH excluding ortho intramolecular Hbond substituents is 1. The van der Waals surface area contributed by atoms with Crippen molar-refractivity contribution in [2.45, 2.75) is 0 Å². The second-order valence-electron chi connectivity index (χ2n) is 4.28. The predicted molar refractivity (Wildman–Crippen MR) is 85.5 cm³/mol. The second kappa shape index (κ2) is 7.00. The van der Waals surface area contributed by atoms with Gasteiger partial charge in [0.05, 0.1) is 0 Å². The lowest BCUT2D eigenvalue weighted by Gasteiger charge is -2.02. The summed E-state index contributed by atoms with van der Waals surface area (Å²) in [4.78, 5) is 0. The van der Waals surface area contributed by atoms with Crippen LogP contribution in [0.2, 0.25) is 0 Å².